The fourth-order valence-electron chi connectivity index (χ4n) is 6.08. The highest BCUT2D eigenvalue weighted by Gasteiger charge is 2.26. The number of allylic oxidation sites excluding steroid dienone is 8. The van der Waals surface area contributed by atoms with Gasteiger partial charge in [-0.05, 0) is 78.2 Å². The molecule has 0 fully saturated rings. The molecule has 1 aliphatic rings. The van der Waals surface area contributed by atoms with Gasteiger partial charge in [0, 0.05) is 31.8 Å². The molecule has 3 nitrogen and oxygen atoms in total. The van der Waals surface area contributed by atoms with E-state index in [0.717, 1.165) is 43.5 Å². The third kappa shape index (κ3) is 5.94. The number of nitrogens with zero attached hydrogens (tertiary/aromatic N) is 3. The smallest absolute Gasteiger partial charge is 0.136 e. The Bertz CT molecular complexity index is 2350. The van der Waals surface area contributed by atoms with E-state index in [0.29, 0.717) is 5.56 Å². The molecule has 1 aliphatic heterocycles. The first-order valence-corrected chi connectivity index (χ1v) is 16.6. The third-order valence-corrected chi connectivity index (χ3v) is 9.49. The maximum Gasteiger partial charge on any atom is 0.136 e. The van der Waals surface area contributed by atoms with Gasteiger partial charge in [0.2, 0.25) is 0 Å². The molecular formula is C44H31N3S. The van der Waals surface area contributed by atoms with Crippen molar-refractivity contribution in [1.29, 1.82) is 5.26 Å². The number of rotatable bonds is 7. The summed E-state index contributed by atoms with van der Waals surface area (Å²) in [5.74, 6) is 2.88. The topological polar surface area (TPSA) is 41.1 Å². The number of hydrogen-bond acceptors (Lipinski definition) is 3. The number of terminal acetylenes is 1. The van der Waals surface area contributed by atoms with Crippen molar-refractivity contribution in [1.82, 2.24) is 4.57 Å². The van der Waals surface area contributed by atoms with E-state index in [1.165, 1.54) is 21.8 Å². The van der Waals surface area contributed by atoms with Gasteiger partial charge in [0.05, 0.1) is 28.4 Å². The van der Waals surface area contributed by atoms with Gasteiger partial charge in [-0.15, -0.1) is 6.42 Å². The maximum absolute atomic E-state index is 9.29. The van der Waals surface area contributed by atoms with Crippen molar-refractivity contribution in [2.45, 2.75) is 17.9 Å². The summed E-state index contributed by atoms with van der Waals surface area (Å²) in [6, 6.07) is 41.5. The van der Waals surface area contributed by atoms with E-state index in [2.05, 4.69) is 114 Å². The molecule has 1 atom stereocenters. The molecule has 4 heteroatoms. The van der Waals surface area contributed by atoms with Crippen LogP contribution < -0.4 is 0 Å². The summed E-state index contributed by atoms with van der Waals surface area (Å²) in [5, 5.41) is 11.8. The molecule has 6 aromatic rings. The summed E-state index contributed by atoms with van der Waals surface area (Å²) in [6.45, 7) is 2.00. The minimum atomic E-state index is -0.497. The molecule has 2 heterocycles. The van der Waals surface area contributed by atoms with Gasteiger partial charge >= 0.3 is 0 Å². The van der Waals surface area contributed by atoms with E-state index < -0.39 is 6.04 Å². The lowest BCUT2D eigenvalue weighted by Gasteiger charge is -2.12. The Hall–Kier alpha value is -6.07. The minimum absolute atomic E-state index is 0.497. The third-order valence-electron chi connectivity index (χ3n) is 8.36. The molecule has 0 saturated heterocycles. The number of nitriles is 1. The number of aliphatic imine (C=N–C) groups is 1. The lowest BCUT2D eigenvalue weighted by molar-refractivity contribution is 0.947. The molecule has 0 radical (unpaired) electrons. The fourth-order valence-corrected chi connectivity index (χ4v) is 7.12. The monoisotopic (exact) mass is 633 g/mol. The van der Waals surface area contributed by atoms with Crippen molar-refractivity contribution in [3.63, 3.8) is 0 Å². The van der Waals surface area contributed by atoms with Crippen molar-refractivity contribution in [2.75, 3.05) is 0 Å². The molecule has 0 unspecified atom stereocenters. The number of aromatic nitrogens is 1. The zero-order valence-electron chi connectivity index (χ0n) is 26.4. The Morgan fingerprint density at radius 2 is 1.44 bits per heavy atom. The zero-order valence-corrected chi connectivity index (χ0v) is 27.2. The van der Waals surface area contributed by atoms with E-state index in [9.17, 15) is 5.26 Å². The Kier molecular flexibility index (Phi) is 8.75. The van der Waals surface area contributed by atoms with Crippen LogP contribution in [0.2, 0.25) is 0 Å². The van der Waals surface area contributed by atoms with Gasteiger partial charge in [0.25, 0.3) is 0 Å². The average molecular weight is 634 g/mol. The summed E-state index contributed by atoms with van der Waals surface area (Å²) in [7, 11) is 0. The molecule has 48 heavy (non-hydrogen) atoms. The van der Waals surface area contributed by atoms with Crippen LogP contribution in [0.1, 0.15) is 29.7 Å². The molecule has 0 N–H and O–H groups in total. The fraction of sp³-hybridized carbons (Fsp3) is 0.0455. The Balaban J connectivity index is 1.32. The van der Waals surface area contributed by atoms with Crippen molar-refractivity contribution in [2.24, 2.45) is 4.99 Å². The normalized spacial score (nSPS) is 15.2. The Labute approximate surface area is 285 Å². The predicted octanol–water partition coefficient (Wildman–Crippen LogP) is 11.2. The zero-order chi connectivity index (χ0) is 32.9. The highest BCUT2D eigenvalue weighted by Crippen LogP contribution is 2.43. The number of fused-ring (bicyclic) bond motifs is 4. The second kappa shape index (κ2) is 13.7. The molecule has 0 bridgehead atoms. The number of benzene rings is 5. The Morgan fingerprint density at radius 1 is 0.750 bits per heavy atom. The summed E-state index contributed by atoms with van der Waals surface area (Å²) >= 11 is 1.70. The first kappa shape index (κ1) is 30.6. The van der Waals surface area contributed by atoms with Crippen molar-refractivity contribution >= 4 is 39.3 Å². The average Bonchev–Trinajstić information content (AvgIpc) is 3.66. The van der Waals surface area contributed by atoms with Crippen LogP contribution in [0, 0.1) is 23.7 Å². The van der Waals surface area contributed by atoms with E-state index >= 15 is 0 Å². The largest absolute Gasteiger partial charge is 0.309 e. The molecule has 0 amide bonds. The first-order chi connectivity index (χ1) is 23.7. The summed E-state index contributed by atoms with van der Waals surface area (Å²) in [4.78, 5) is 7.34. The van der Waals surface area contributed by atoms with Crippen LogP contribution in [0.3, 0.4) is 0 Å². The quantitative estimate of drug-likeness (QED) is 0.130. The van der Waals surface area contributed by atoms with Crippen LogP contribution in [-0.4, -0.2) is 10.3 Å². The van der Waals surface area contributed by atoms with Crippen LogP contribution in [0.15, 0.2) is 173 Å². The van der Waals surface area contributed by atoms with Crippen LogP contribution in [-0.2, 0) is 0 Å². The van der Waals surface area contributed by atoms with Crippen LogP contribution in [0.5, 0.6) is 0 Å². The van der Waals surface area contributed by atoms with Gasteiger partial charge in [-0.25, -0.2) is 0 Å². The van der Waals surface area contributed by atoms with Gasteiger partial charge < -0.3 is 4.57 Å². The van der Waals surface area contributed by atoms with E-state index in [-0.39, 0.29) is 0 Å². The molecule has 0 spiro atoms. The van der Waals surface area contributed by atoms with Crippen LogP contribution >= 0.6 is 11.8 Å². The minimum Gasteiger partial charge on any atom is -0.309 e. The standard InChI is InChI=1S/C44H31N3S/c1-3-5-6-7-8-9-21-43-44(46-39(4-2)32-24-22-31(30-45)23-25-32)38-29-34(26-27-42(38)48-43)33-15-14-16-35(28-33)47-40-19-12-10-17-36(40)37-18-11-13-20-41(37)47/h2-3,5-29,39H,1H3/b5-3-,7-6-,9-8+,43-21-,46-44?/t39-/m0/s1. The van der Waals surface area contributed by atoms with Crippen LogP contribution in [0.4, 0.5) is 0 Å². The highest BCUT2D eigenvalue weighted by molar-refractivity contribution is 8.04. The molecule has 0 aliphatic carbocycles. The van der Waals surface area contributed by atoms with E-state index in [4.69, 9.17) is 11.4 Å². The molecule has 228 valence electrons. The molecule has 1 aromatic heterocycles. The molecule has 0 saturated carbocycles. The van der Waals surface area contributed by atoms with Crippen molar-refractivity contribution in [3.05, 3.63) is 179 Å². The summed E-state index contributed by atoms with van der Waals surface area (Å²) in [5.41, 5.74) is 9.08. The summed E-state index contributed by atoms with van der Waals surface area (Å²) in [6.07, 6.45) is 20.2. The summed E-state index contributed by atoms with van der Waals surface area (Å²) < 4.78 is 2.34. The Morgan fingerprint density at radius 3 is 2.15 bits per heavy atom. The number of hydrogen-bond donors (Lipinski definition) is 0. The van der Waals surface area contributed by atoms with Gasteiger partial charge in [-0.2, -0.15) is 5.26 Å². The van der Waals surface area contributed by atoms with Gasteiger partial charge in [0.15, 0.2) is 0 Å². The van der Waals surface area contributed by atoms with E-state index in [1.807, 2.05) is 55.5 Å². The highest BCUT2D eigenvalue weighted by atomic mass is 32.2. The first-order valence-electron chi connectivity index (χ1n) is 15.8. The van der Waals surface area contributed by atoms with Gasteiger partial charge in [0.1, 0.15) is 6.04 Å². The lowest BCUT2D eigenvalue weighted by Crippen LogP contribution is -2.03. The lowest BCUT2D eigenvalue weighted by atomic mass is 9.99. The van der Waals surface area contributed by atoms with E-state index in [1.54, 1.807) is 23.9 Å². The van der Waals surface area contributed by atoms with Gasteiger partial charge in [-0.1, -0.05) is 121 Å². The molecule has 5 aromatic carbocycles. The predicted molar refractivity (Wildman–Crippen MR) is 203 cm³/mol. The SMILES string of the molecule is C#C[C@H](N=C1/C(=C/C=C/C=C\C=C/C)Sc2ccc(-c3cccc(-n4c5ccccc5c5ccccc54)c3)cc21)c1ccc(C#N)cc1. The molecular weight excluding hydrogens is 603 g/mol. The van der Waals surface area contributed by atoms with Crippen molar-refractivity contribution < 1.29 is 0 Å². The second-order valence-electron chi connectivity index (χ2n) is 11.3. The van der Waals surface area contributed by atoms with Gasteiger partial charge in [-0.3, -0.25) is 4.99 Å². The maximum atomic E-state index is 9.29. The second-order valence-corrected chi connectivity index (χ2v) is 12.4. The number of thioether (sulfide) groups is 1. The number of para-hydroxylation sites is 2. The van der Waals surface area contributed by atoms with Crippen LogP contribution in [0.25, 0.3) is 38.6 Å². The van der Waals surface area contributed by atoms with Crippen molar-refractivity contribution in [3.8, 4) is 35.2 Å². The molecule has 7 rings (SSSR count).